The SMILES string of the molecule is COc1ccc2c(c1)CCC21COCC(C[N+](=O)[O-])=N1. The second-order valence-corrected chi connectivity index (χ2v) is 5.22. The number of fused-ring (bicyclic) bond motifs is 2. The highest BCUT2D eigenvalue weighted by Crippen LogP contribution is 2.43. The fourth-order valence-electron chi connectivity index (χ4n) is 3.03. The van der Waals surface area contributed by atoms with E-state index in [9.17, 15) is 10.1 Å². The summed E-state index contributed by atoms with van der Waals surface area (Å²) in [4.78, 5) is 15.0. The van der Waals surface area contributed by atoms with Crippen molar-refractivity contribution in [3.63, 3.8) is 0 Å². The quantitative estimate of drug-likeness (QED) is 0.620. The zero-order valence-corrected chi connectivity index (χ0v) is 11.3. The summed E-state index contributed by atoms with van der Waals surface area (Å²) in [6, 6.07) is 5.92. The molecule has 0 saturated heterocycles. The summed E-state index contributed by atoms with van der Waals surface area (Å²) in [5.41, 5.74) is 2.38. The first-order valence-electron chi connectivity index (χ1n) is 6.57. The zero-order chi connectivity index (χ0) is 14.2. The molecular weight excluding hydrogens is 260 g/mol. The van der Waals surface area contributed by atoms with Crippen LogP contribution in [-0.4, -0.2) is 37.5 Å². The zero-order valence-electron chi connectivity index (χ0n) is 11.3. The third-order valence-electron chi connectivity index (χ3n) is 3.91. The van der Waals surface area contributed by atoms with Gasteiger partial charge in [-0.2, -0.15) is 0 Å². The Kier molecular flexibility index (Phi) is 3.17. The average Bonchev–Trinajstić information content (AvgIpc) is 2.76. The lowest BCUT2D eigenvalue weighted by molar-refractivity contribution is -0.463. The van der Waals surface area contributed by atoms with E-state index < -0.39 is 5.54 Å². The van der Waals surface area contributed by atoms with Gasteiger partial charge >= 0.3 is 0 Å². The van der Waals surface area contributed by atoms with Crippen molar-refractivity contribution in [2.75, 3.05) is 26.9 Å². The number of nitro groups is 1. The van der Waals surface area contributed by atoms with E-state index in [1.807, 2.05) is 18.2 Å². The Hall–Kier alpha value is -1.95. The topological polar surface area (TPSA) is 74.0 Å². The fraction of sp³-hybridized carbons (Fsp3) is 0.500. The molecular formula is C14H16N2O4. The van der Waals surface area contributed by atoms with Crippen LogP contribution in [0.25, 0.3) is 0 Å². The molecule has 1 unspecified atom stereocenters. The van der Waals surface area contributed by atoms with Crippen LogP contribution < -0.4 is 4.74 Å². The molecule has 0 bridgehead atoms. The van der Waals surface area contributed by atoms with Crippen LogP contribution in [0.15, 0.2) is 23.2 Å². The summed E-state index contributed by atoms with van der Waals surface area (Å²) in [5, 5.41) is 10.7. The van der Waals surface area contributed by atoms with Gasteiger partial charge in [-0.1, -0.05) is 6.07 Å². The number of hydrogen-bond acceptors (Lipinski definition) is 5. The molecule has 3 rings (SSSR count). The lowest BCUT2D eigenvalue weighted by Crippen LogP contribution is -2.37. The Morgan fingerprint density at radius 3 is 3.15 bits per heavy atom. The number of aryl methyl sites for hydroxylation is 1. The average molecular weight is 276 g/mol. The van der Waals surface area contributed by atoms with Crippen molar-refractivity contribution in [2.24, 2.45) is 4.99 Å². The molecule has 0 aromatic heterocycles. The van der Waals surface area contributed by atoms with Gasteiger partial charge < -0.3 is 9.47 Å². The van der Waals surface area contributed by atoms with Crippen LogP contribution >= 0.6 is 0 Å². The highest BCUT2D eigenvalue weighted by atomic mass is 16.6. The van der Waals surface area contributed by atoms with E-state index in [1.54, 1.807) is 7.11 Å². The van der Waals surface area contributed by atoms with Gasteiger partial charge in [0.25, 0.3) is 0 Å². The Morgan fingerprint density at radius 1 is 1.55 bits per heavy atom. The summed E-state index contributed by atoms with van der Waals surface area (Å²) in [6.45, 7) is 0.509. The normalized spacial score (nSPS) is 24.4. The highest BCUT2D eigenvalue weighted by Gasteiger charge is 2.41. The molecule has 1 aliphatic carbocycles. The number of aliphatic imine (C=N–C) groups is 1. The van der Waals surface area contributed by atoms with E-state index in [2.05, 4.69) is 4.99 Å². The molecule has 2 aliphatic rings. The van der Waals surface area contributed by atoms with Crippen LogP contribution in [0.1, 0.15) is 17.5 Å². The standard InChI is InChI=1S/C14H16N2O4/c1-19-12-2-3-13-10(6-12)4-5-14(13)9-20-8-11(15-14)7-16(17)18/h2-3,6H,4-5,7-9H2,1H3. The largest absolute Gasteiger partial charge is 0.497 e. The molecule has 0 fully saturated rings. The van der Waals surface area contributed by atoms with E-state index in [0.29, 0.717) is 12.3 Å². The van der Waals surface area contributed by atoms with E-state index >= 15 is 0 Å². The number of nitrogens with zero attached hydrogens (tertiary/aromatic N) is 2. The van der Waals surface area contributed by atoms with Crippen LogP contribution in [0, 0.1) is 10.1 Å². The molecule has 1 aromatic rings. The van der Waals surface area contributed by atoms with Gasteiger partial charge in [-0.15, -0.1) is 0 Å². The lowest BCUT2D eigenvalue weighted by Gasteiger charge is -2.30. The maximum Gasteiger partial charge on any atom is 0.243 e. The minimum Gasteiger partial charge on any atom is -0.497 e. The molecule has 0 saturated carbocycles. The van der Waals surface area contributed by atoms with Gasteiger partial charge in [0.05, 0.1) is 20.3 Å². The van der Waals surface area contributed by atoms with Crippen molar-refractivity contribution in [3.05, 3.63) is 39.4 Å². The number of ether oxygens (including phenoxy) is 2. The van der Waals surface area contributed by atoms with Gasteiger partial charge in [-0.25, -0.2) is 0 Å². The first-order valence-corrected chi connectivity index (χ1v) is 6.57. The molecule has 1 aliphatic heterocycles. The maximum atomic E-state index is 10.7. The van der Waals surface area contributed by atoms with E-state index in [4.69, 9.17) is 9.47 Å². The highest BCUT2D eigenvalue weighted by molar-refractivity contribution is 5.87. The third kappa shape index (κ3) is 2.16. The van der Waals surface area contributed by atoms with Crippen molar-refractivity contribution >= 4 is 5.71 Å². The smallest absolute Gasteiger partial charge is 0.243 e. The van der Waals surface area contributed by atoms with Crippen LogP contribution in [0.4, 0.5) is 0 Å². The Bertz CT molecular complexity index is 585. The monoisotopic (exact) mass is 276 g/mol. The Morgan fingerprint density at radius 2 is 2.40 bits per heavy atom. The van der Waals surface area contributed by atoms with Gasteiger partial charge in [0, 0.05) is 4.92 Å². The Labute approximate surface area is 116 Å². The van der Waals surface area contributed by atoms with E-state index in [0.717, 1.165) is 24.2 Å². The molecule has 1 aromatic carbocycles. The van der Waals surface area contributed by atoms with Crippen LogP contribution in [0.5, 0.6) is 5.75 Å². The molecule has 6 nitrogen and oxygen atoms in total. The van der Waals surface area contributed by atoms with Crippen molar-refractivity contribution in [1.29, 1.82) is 0 Å². The predicted molar refractivity (Wildman–Crippen MR) is 73.1 cm³/mol. The molecule has 6 heteroatoms. The Balaban J connectivity index is 1.97. The fourth-order valence-corrected chi connectivity index (χ4v) is 3.03. The van der Waals surface area contributed by atoms with Crippen molar-refractivity contribution < 1.29 is 14.4 Å². The summed E-state index contributed by atoms with van der Waals surface area (Å²) < 4.78 is 10.8. The molecule has 20 heavy (non-hydrogen) atoms. The van der Waals surface area contributed by atoms with Gasteiger partial charge in [0.15, 0.2) is 0 Å². The van der Waals surface area contributed by atoms with E-state index in [-0.39, 0.29) is 18.1 Å². The van der Waals surface area contributed by atoms with Gasteiger partial charge in [0.1, 0.15) is 17.0 Å². The number of benzene rings is 1. The summed E-state index contributed by atoms with van der Waals surface area (Å²) >= 11 is 0. The van der Waals surface area contributed by atoms with E-state index in [1.165, 1.54) is 5.56 Å². The van der Waals surface area contributed by atoms with Gasteiger partial charge in [-0.05, 0) is 36.1 Å². The van der Waals surface area contributed by atoms with Crippen LogP contribution in [0.2, 0.25) is 0 Å². The maximum absolute atomic E-state index is 10.7. The third-order valence-corrected chi connectivity index (χ3v) is 3.91. The number of hydrogen-bond donors (Lipinski definition) is 0. The lowest BCUT2D eigenvalue weighted by atomic mass is 9.92. The van der Waals surface area contributed by atoms with Crippen molar-refractivity contribution in [3.8, 4) is 5.75 Å². The number of rotatable bonds is 3. The summed E-state index contributed by atoms with van der Waals surface area (Å²) in [6.07, 6.45) is 1.72. The van der Waals surface area contributed by atoms with Crippen LogP contribution in [0.3, 0.4) is 0 Å². The predicted octanol–water partition coefficient (Wildman–Crippen LogP) is 1.58. The van der Waals surface area contributed by atoms with Crippen molar-refractivity contribution in [1.82, 2.24) is 0 Å². The number of methoxy groups -OCH3 is 1. The molecule has 106 valence electrons. The molecule has 1 atom stereocenters. The summed E-state index contributed by atoms with van der Waals surface area (Å²) in [7, 11) is 1.64. The molecule has 0 N–H and O–H groups in total. The minimum atomic E-state index is -0.439. The van der Waals surface area contributed by atoms with Crippen molar-refractivity contribution in [2.45, 2.75) is 18.4 Å². The molecule has 1 spiro atoms. The van der Waals surface area contributed by atoms with Gasteiger partial charge in [-0.3, -0.25) is 15.1 Å². The summed E-state index contributed by atoms with van der Waals surface area (Å²) in [5.74, 6) is 0.826. The minimum absolute atomic E-state index is 0.243. The van der Waals surface area contributed by atoms with Crippen LogP contribution in [-0.2, 0) is 16.7 Å². The second-order valence-electron chi connectivity index (χ2n) is 5.22. The molecule has 0 radical (unpaired) electrons. The van der Waals surface area contributed by atoms with Gasteiger partial charge in [0.2, 0.25) is 6.54 Å². The first kappa shape index (κ1) is 13.1. The second kappa shape index (κ2) is 4.86. The molecule has 0 amide bonds. The molecule has 1 heterocycles. The first-order chi connectivity index (χ1) is 9.63.